The summed E-state index contributed by atoms with van der Waals surface area (Å²) in [6.07, 6.45) is 4.97. The zero-order valence-corrected chi connectivity index (χ0v) is 19.1. The molecule has 0 N–H and O–H groups in total. The molecule has 0 bridgehead atoms. The van der Waals surface area contributed by atoms with Gasteiger partial charge in [-0.15, -0.1) is 0 Å². The van der Waals surface area contributed by atoms with Crippen molar-refractivity contribution in [2.75, 3.05) is 48.0 Å². The first-order valence-corrected chi connectivity index (χ1v) is 12.6. The lowest BCUT2D eigenvalue weighted by Crippen LogP contribution is -2.45. The van der Waals surface area contributed by atoms with Crippen molar-refractivity contribution >= 4 is 18.3 Å². The van der Waals surface area contributed by atoms with E-state index in [9.17, 15) is 0 Å². The van der Waals surface area contributed by atoms with E-state index in [-0.39, 0.29) is 0 Å². The van der Waals surface area contributed by atoms with E-state index in [1.807, 2.05) is 20.8 Å². The fourth-order valence-electron chi connectivity index (χ4n) is 2.88. The van der Waals surface area contributed by atoms with Crippen LogP contribution >= 0.6 is 0 Å². The molecular weight excluding hydrogens is 336 g/mol. The second kappa shape index (κ2) is 14.4. The van der Waals surface area contributed by atoms with Crippen molar-refractivity contribution in [3.05, 3.63) is 0 Å². The van der Waals surface area contributed by atoms with Gasteiger partial charge in [-0.3, -0.25) is 9.80 Å². The summed E-state index contributed by atoms with van der Waals surface area (Å²) in [7, 11) is 7.20. The van der Waals surface area contributed by atoms with Gasteiger partial charge in [-0.2, -0.15) is 0 Å². The van der Waals surface area contributed by atoms with Crippen molar-refractivity contribution in [3.63, 3.8) is 0 Å². The van der Waals surface area contributed by atoms with E-state index in [2.05, 4.69) is 38.0 Å². The van der Waals surface area contributed by atoms with Crippen LogP contribution in [0.25, 0.3) is 0 Å². The van der Waals surface area contributed by atoms with E-state index in [0.29, 0.717) is 25.6 Å². The molecule has 7 heteroatoms. The molecule has 0 aliphatic carbocycles. The summed E-state index contributed by atoms with van der Waals surface area (Å²) >= 11 is 0. The molecule has 0 unspecified atom stereocenters. The monoisotopic (exact) mass is 376 g/mol. The molecule has 0 fully saturated rings. The van der Waals surface area contributed by atoms with E-state index >= 15 is 0 Å². The Labute approximate surface area is 154 Å². The standard InChI is InChI=1S/C17H40N2O3Si2/c1-8-20-24(21-9-2,22-10-3)16-14-12-11-13-15-23-17(18(4)5)19(6)7/h17H,8-16H2,1-7H3. The molecule has 0 atom stereocenters. The molecule has 5 nitrogen and oxygen atoms in total. The Morgan fingerprint density at radius 3 is 1.62 bits per heavy atom. The third-order valence-corrected chi connectivity index (χ3v) is 9.00. The van der Waals surface area contributed by atoms with Crippen molar-refractivity contribution < 1.29 is 13.3 Å². The van der Waals surface area contributed by atoms with Crippen LogP contribution in [0.15, 0.2) is 0 Å². The van der Waals surface area contributed by atoms with Gasteiger partial charge in [-0.05, 0) is 55.4 Å². The zero-order chi connectivity index (χ0) is 18.4. The molecule has 0 spiro atoms. The Hall–Kier alpha value is 0.234. The first-order chi connectivity index (χ1) is 11.4. The maximum atomic E-state index is 5.91. The largest absolute Gasteiger partial charge is 0.500 e. The predicted octanol–water partition coefficient (Wildman–Crippen LogP) is 3.12. The number of rotatable bonds is 16. The summed E-state index contributed by atoms with van der Waals surface area (Å²) in [4.78, 5) is 4.62. The Bertz CT molecular complexity index is 270. The van der Waals surface area contributed by atoms with Gasteiger partial charge in [-0.1, -0.05) is 25.3 Å². The first kappa shape index (κ1) is 24.2. The smallest absolute Gasteiger partial charge is 0.374 e. The van der Waals surface area contributed by atoms with Gasteiger partial charge in [0, 0.05) is 31.7 Å². The van der Waals surface area contributed by atoms with E-state index in [4.69, 9.17) is 13.3 Å². The van der Waals surface area contributed by atoms with Crippen LogP contribution in [0, 0.1) is 0 Å². The van der Waals surface area contributed by atoms with Crippen LogP contribution in [-0.4, -0.2) is 81.9 Å². The Balaban J connectivity index is 4.00. The number of unbranched alkanes of at least 4 members (excludes halogenated alkanes) is 3. The summed E-state index contributed by atoms with van der Waals surface area (Å²) < 4.78 is 17.7. The number of hydrogen-bond acceptors (Lipinski definition) is 5. The third kappa shape index (κ3) is 10.3. The number of nitrogens with zero attached hydrogens (tertiary/aromatic N) is 2. The molecule has 0 aromatic carbocycles. The Morgan fingerprint density at radius 2 is 1.21 bits per heavy atom. The summed E-state index contributed by atoms with van der Waals surface area (Å²) in [5.74, 6) is 0.568. The summed E-state index contributed by atoms with van der Waals surface area (Å²) in [6, 6.07) is 2.26. The molecule has 0 rings (SSSR count). The molecule has 0 aliphatic rings. The van der Waals surface area contributed by atoms with E-state index in [1.165, 1.54) is 25.3 Å². The minimum absolute atomic E-state index is 0.568. The van der Waals surface area contributed by atoms with Crippen LogP contribution < -0.4 is 0 Å². The van der Waals surface area contributed by atoms with Gasteiger partial charge < -0.3 is 13.3 Å². The van der Waals surface area contributed by atoms with Crippen LogP contribution in [-0.2, 0) is 13.3 Å². The van der Waals surface area contributed by atoms with Crippen molar-refractivity contribution in [2.24, 2.45) is 0 Å². The Kier molecular flexibility index (Phi) is 14.5. The molecule has 0 aromatic rings. The summed E-state index contributed by atoms with van der Waals surface area (Å²) in [5, 5.41) is 0. The molecule has 0 heterocycles. The lowest BCUT2D eigenvalue weighted by atomic mass is 10.2. The maximum Gasteiger partial charge on any atom is 0.500 e. The van der Waals surface area contributed by atoms with Crippen LogP contribution in [0.4, 0.5) is 0 Å². The quantitative estimate of drug-likeness (QED) is 0.235. The van der Waals surface area contributed by atoms with Gasteiger partial charge in [0.05, 0.1) is 9.52 Å². The molecule has 144 valence electrons. The average Bonchev–Trinajstić information content (AvgIpc) is 2.50. The average molecular weight is 377 g/mol. The highest BCUT2D eigenvalue weighted by Gasteiger charge is 2.39. The zero-order valence-electron chi connectivity index (χ0n) is 17.1. The maximum absolute atomic E-state index is 5.91. The minimum atomic E-state index is -2.42. The third-order valence-electron chi connectivity index (χ3n) is 3.81. The SMILES string of the molecule is CCO[Si](CCCCCC[Si]C(N(C)C)N(C)C)(OCC)OCC. The number of hydrogen-bond donors (Lipinski definition) is 0. The minimum Gasteiger partial charge on any atom is -0.374 e. The molecule has 0 saturated heterocycles. The normalized spacial score (nSPS) is 12.8. The fraction of sp³-hybridized carbons (Fsp3) is 1.00. The molecular formula is C17H40N2O3Si2. The van der Waals surface area contributed by atoms with Crippen molar-refractivity contribution in [1.82, 2.24) is 9.80 Å². The van der Waals surface area contributed by atoms with Gasteiger partial charge in [0.1, 0.15) is 0 Å². The molecule has 24 heavy (non-hydrogen) atoms. The Morgan fingerprint density at radius 1 is 0.750 bits per heavy atom. The van der Waals surface area contributed by atoms with Gasteiger partial charge in [0.25, 0.3) is 0 Å². The van der Waals surface area contributed by atoms with Crippen molar-refractivity contribution in [2.45, 2.75) is 64.3 Å². The van der Waals surface area contributed by atoms with Crippen LogP contribution in [0.2, 0.25) is 12.1 Å². The van der Waals surface area contributed by atoms with Gasteiger partial charge in [-0.25, -0.2) is 0 Å². The van der Waals surface area contributed by atoms with Crippen LogP contribution in [0.3, 0.4) is 0 Å². The molecule has 0 amide bonds. The lowest BCUT2D eigenvalue weighted by Gasteiger charge is -2.30. The van der Waals surface area contributed by atoms with E-state index in [0.717, 1.165) is 22.0 Å². The van der Waals surface area contributed by atoms with Gasteiger partial charge >= 0.3 is 8.80 Å². The highest BCUT2D eigenvalue weighted by molar-refractivity contribution is 6.60. The topological polar surface area (TPSA) is 34.2 Å². The predicted molar refractivity (Wildman–Crippen MR) is 106 cm³/mol. The van der Waals surface area contributed by atoms with Crippen molar-refractivity contribution in [1.29, 1.82) is 0 Å². The van der Waals surface area contributed by atoms with E-state index < -0.39 is 8.80 Å². The van der Waals surface area contributed by atoms with Gasteiger partial charge in [0.2, 0.25) is 0 Å². The molecule has 0 saturated carbocycles. The second-order valence-corrected chi connectivity index (χ2v) is 10.6. The van der Waals surface area contributed by atoms with E-state index in [1.54, 1.807) is 0 Å². The highest BCUT2D eigenvalue weighted by atomic mass is 28.4. The molecule has 2 radical (unpaired) electrons. The first-order valence-electron chi connectivity index (χ1n) is 9.40. The van der Waals surface area contributed by atoms with Gasteiger partial charge in [0.15, 0.2) is 0 Å². The van der Waals surface area contributed by atoms with Crippen molar-refractivity contribution in [3.8, 4) is 0 Å². The highest BCUT2D eigenvalue weighted by Crippen LogP contribution is 2.20. The lowest BCUT2D eigenvalue weighted by molar-refractivity contribution is 0.0706. The fourth-order valence-corrected chi connectivity index (χ4v) is 7.01. The second-order valence-electron chi connectivity index (χ2n) is 6.40. The van der Waals surface area contributed by atoms with Crippen LogP contribution in [0.1, 0.15) is 46.5 Å². The molecule has 0 aliphatic heterocycles. The summed E-state index contributed by atoms with van der Waals surface area (Å²) in [5.41, 5.74) is 0. The molecule has 0 aromatic heterocycles. The van der Waals surface area contributed by atoms with Crippen LogP contribution in [0.5, 0.6) is 0 Å². The summed E-state index contributed by atoms with van der Waals surface area (Å²) in [6.45, 7) is 8.07.